The van der Waals surface area contributed by atoms with Crippen molar-refractivity contribution in [1.29, 1.82) is 0 Å². The van der Waals surface area contributed by atoms with E-state index in [1.165, 1.54) is 31.2 Å². The minimum Gasteiger partial charge on any atom is -0.364 e. The summed E-state index contributed by atoms with van der Waals surface area (Å²) in [7, 11) is 0. The molecule has 1 amide bonds. The molecule has 3 aromatic rings. The summed E-state index contributed by atoms with van der Waals surface area (Å²) in [5.41, 5.74) is 3.78. The molecule has 6 heteroatoms. The molecule has 1 aliphatic heterocycles. The molecule has 1 aromatic carbocycles. The second kappa shape index (κ2) is 7.70. The molecule has 29 heavy (non-hydrogen) atoms. The molecule has 5 rings (SSSR count). The largest absolute Gasteiger partial charge is 0.364 e. The van der Waals surface area contributed by atoms with Crippen molar-refractivity contribution in [3.8, 4) is 0 Å². The first-order chi connectivity index (χ1) is 14.3. The Morgan fingerprint density at radius 1 is 1.10 bits per heavy atom. The van der Waals surface area contributed by atoms with Gasteiger partial charge in [0.2, 0.25) is 0 Å². The number of nitrogens with zero attached hydrogens (tertiary/aromatic N) is 4. The van der Waals surface area contributed by atoms with E-state index in [-0.39, 0.29) is 5.91 Å². The number of anilines is 2. The monoisotopic (exact) mass is 387 g/mol. The molecule has 0 spiro atoms. The van der Waals surface area contributed by atoms with Crippen molar-refractivity contribution >= 4 is 17.4 Å². The maximum absolute atomic E-state index is 13.2. The van der Waals surface area contributed by atoms with E-state index in [2.05, 4.69) is 27.2 Å². The van der Waals surface area contributed by atoms with Crippen molar-refractivity contribution in [3.05, 3.63) is 71.7 Å². The third-order valence-electron chi connectivity index (χ3n) is 5.97. The normalized spacial score (nSPS) is 16.2. The van der Waals surface area contributed by atoms with Crippen LogP contribution in [-0.4, -0.2) is 27.2 Å². The zero-order valence-corrected chi connectivity index (χ0v) is 16.4. The van der Waals surface area contributed by atoms with Crippen LogP contribution in [0.2, 0.25) is 0 Å². The van der Waals surface area contributed by atoms with E-state index >= 15 is 0 Å². The van der Waals surface area contributed by atoms with Crippen LogP contribution in [-0.2, 0) is 13.0 Å². The number of amides is 1. The van der Waals surface area contributed by atoms with Gasteiger partial charge in [-0.05, 0) is 49.1 Å². The predicted octanol–water partition coefficient (Wildman–Crippen LogP) is 4.21. The highest BCUT2D eigenvalue weighted by molar-refractivity contribution is 6.10. The van der Waals surface area contributed by atoms with Gasteiger partial charge in [0, 0.05) is 24.6 Å². The minimum atomic E-state index is -0.0120. The Bertz CT molecular complexity index is 1020. The smallest absolute Gasteiger partial charge is 0.262 e. The lowest BCUT2D eigenvalue weighted by molar-refractivity contribution is 0.0990. The topological polar surface area (TPSA) is 63.1 Å². The van der Waals surface area contributed by atoms with E-state index in [0.717, 1.165) is 17.8 Å². The number of para-hydroxylation sites is 1. The molecule has 0 atom stereocenters. The van der Waals surface area contributed by atoms with Crippen molar-refractivity contribution in [3.63, 3.8) is 0 Å². The fraction of sp³-hybridized carbons (Fsp3) is 0.348. The van der Waals surface area contributed by atoms with Crippen molar-refractivity contribution in [1.82, 2.24) is 14.8 Å². The molecule has 6 nitrogen and oxygen atoms in total. The van der Waals surface area contributed by atoms with Gasteiger partial charge in [-0.2, -0.15) is 5.10 Å². The number of aromatic nitrogens is 3. The summed E-state index contributed by atoms with van der Waals surface area (Å²) in [5.74, 6) is 0.597. The lowest BCUT2D eigenvalue weighted by Gasteiger charge is -2.19. The summed E-state index contributed by atoms with van der Waals surface area (Å²) in [6.07, 6.45) is 9.68. The Kier molecular flexibility index (Phi) is 4.76. The lowest BCUT2D eigenvalue weighted by atomic mass is 10.1. The van der Waals surface area contributed by atoms with E-state index < -0.39 is 0 Å². The first-order valence-electron chi connectivity index (χ1n) is 10.4. The summed E-state index contributed by atoms with van der Waals surface area (Å²) in [6.45, 7) is 1.26. The van der Waals surface area contributed by atoms with Gasteiger partial charge in [0.25, 0.3) is 5.91 Å². The van der Waals surface area contributed by atoms with Gasteiger partial charge in [-0.3, -0.25) is 9.48 Å². The number of nitrogens with one attached hydrogen (secondary N) is 1. The van der Waals surface area contributed by atoms with Crippen LogP contribution >= 0.6 is 0 Å². The SMILES string of the molecule is O=C(c1cccnc1NCc1ccn(C2CCCC2)n1)N1CCc2ccccc21. The molecule has 2 aliphatic rings. The first-order valence-corrected chi connectivity index (χ1v) is 10.4. The van der Waals surface area contributed by atoms with Crippen LogP contribution in [0.5, 0.6) is 0 Å². The Labute approximate surface area is 170 Å². The van der Waals surface area contributed by atoms with Gasteiger partial charge >= 0.3 is 0 Å². The van der Waals surface area contributed by atoms with Gasteiger partial charge in [0.05, 0.1) is 23.8 Å². The van der Waals surface area contributed by atoms with E-state index in [0.29, 0.717) is 30.5 Å². The average molecular weight is 387 g/mol. The Balaban J connectivity index is 1.32. The Hall–Kier alpha value is -3.15. The number of pyridine rings is 1. The fourth-order valence-corrected chi connectivity index (χ4v) is 4.43. The molecule has 0 unspecified atom stereocenters. The van der Waals surface area contributed by atoms with Crippen LogP contribution < -0.4 is 10.2 Å². The van der Waals surface area contributed by atoms with E-state index in [4.69, 9.17) is 5.10 Å². The van der Waals surface area contributed by atoms with Gasteiger partial charge in [0.15, 0.2) is 0 Å². The standard InChI is InChI=1S/C23H25N5O/c29-23(27-14-11-17-6-1-4-10-21(17)27)20-9-5-13-24-22(20)25-16-18-12-15-28(26-18)19-7-2-3-8-19/h1,4-6,9-10,12-13,15,19H,2-3,7-8,11,14,16H2,(H,24,25). The molecule has 0 saturated heterocycles. The van der Waals surface area contributed by atoms with Gasteiger partial charge in [0.1, 0.15) is 5.82 Å². The van der Waals surface area contributed by atoms with E-state index in [1.807, 2.05) is 41.3 Å². The number of carbonyl (C=O) groups is 1. The highest BCUT2D eigenvalue weighted by atomic mass is 16.2. The molecule has 3 heterocycles. The number of fused-ring (bicyclic) bond motifs is 1. The summed E-state index contributed by atoms with van der Waals surface area (Å²) < 4.78 is 2.09. The quantitative estimate of drug-likeness (QED) is 0.712. The van der Waals surface area contributed by atoms with Crippen molar-refractivity contribution in [2.45, 2.75) is 44.7 Å². The Morgan fingerprint density at radius 2 is 1.97 bits per heavy atom. The number of hydrogen-bond acceptors (Lipinski definition) is 4. The Morgan fingerprint density at radius 3 is 2.86 bits per heavy atom. The molecule has 0 bridgehead atoms. The number of hydrogen-bond donors (Lipinski definition) is 1. The molecule has 1 aliphatic carbocycles. The maximum Gasteiger partial charge on any atom is 0.262 e. The van der Waals surface area contributed by atoms with Crippen LogP contribution in [0.25, 0.3) is 0 Å². The molecular formula is C23H25N5O. The van der Waals surface area contributed by atoms with Crippen LogP contribution in [0.15, 0.2) is 54.9 Å². The van der Waals surface area contributed by atoms with Gasteiger partial charge in [-0.15, -0.1) is 0 Å². The van der Waals surface area contributed by atoms with Crippen LogP contribution in [0.1, 0.15) is 53.3 Å². The second-order valence-corrected chi connectivity index (χ2v) is 7.81. The van der Waals surface area contributed by atoms with Crippen LogP contribution in [0, 0.1) is 0 Å². The summed E-state index contributed by atoms with van der Waals surface area (Å²) in [5, 5.41) is 8.05. The first kappa shape index (κ1) is 17.9. The highest BCUT2D eigenvalue weighted by Gasteiger charge is 2.27. The van der Waals surface area contributed by atoms with Gasteiger partial charge in [-0.1, -0.05) is 31.0 Å². The zero-order valence-electron chi connectivity index (χ0n) is 16.4. The molecule has 1 fully saturated rings. The molecule has 1 N–H and O–H groups in total. The molecule has 2 aromatic heterocycles. The second-order valence-electron chi connectivity index (χ2n) is 7.81. The number of benzene rings is 1. The predicted molar refractivity (Wildman–Crippen MR) is 113 cm³/mol. The van der Waals surface area contributed by atoms with Gasteiger partial charge in [-0.25, -0.2) is 4.98 Å². The third kappa shape index (κ3) is 3.50. The average Bonchev–Trinajstić information content (AvgIpc) is 3.52. The third-order valence-corrected chi connectivity index (χ3v) is 5.97. The van der Waals surface area contributed by atoms with Crippen LogP contribution in [0.3, 0.4) is 0 Å². The van der Waals surface area contributed by atoms with Crippen molar-refractivity contribution in [2.75, 3.05) is 16.8 Å². The number of rotatable bonds is 5. The van der Waals surface area contributed by atoms with Crippen molar-refractivity contribution < 1.29 is 4.79 Å². The summed E-state index contributed by atoms with van der Waals surface area (Å²) in [6, 6.07) is 14.3. The lowest BCUT2D eigenvalue weighted by Crippen LogP contribution is -2.29. The van der Waals surface area contributed by atoms with Crippen molar-refractivity contribution in [2.24, 2.45) is 0 Å². The number of carbonyl (C=O) groups excluding carboxylic acids is 1. The highest BCUT2D eigenvalue weighted by Crippen LogP contribution is 2.30. The summed E-state index contributed by atoms with van der Waals surface area (Å²) >= 11 is 0. The molecule has 1 saturated carbocycles. The zero-order chi connectivity index (χ0) is 19.6. The van der Waals surface area contributed by atoms with Crippen LogP contribution in [0.4, 0.5) is 11.5 Å². The minimum absolute atomic E-state index is 0.0120. The van der Waals surface area contributed by atoms with Gasteiger partial charge < -0.3 is 10.2 Å². The molecule has 0 radical (unpaired) electrons. The maximum atomic E-state index is 13.2. The fourth-order valence-electron chi connectivity index (χ4n) is 4.43. The summed E-state index contributed by atoms with van der Waals surface area (Å²) in [4.78, 5) is 19.5. The molecular weight excluding hydrogens is 362 g/mol. The van der Waals surface area contributed by atoms with E-state index in [9.17, 15) is 4.79 Å². The van der Waals surface area contributed by atoms with E-state index in [1.54, 1.807) is 6.20 Å². The molecule has 148 valence electrons.